The van der Waals surface area contributed by atoms with Gasteiger partial charge >= 0.3 is 0 Å². The first-order valence-corrected chi connectivity index (χ1v) is 11.8. The van der Waals surface area contributed by atoms with Crippen LogP contribution in [0.5, 0.6) is 5.75 Å². The molecule has 4 aromatic rings. The molecular weight excluding hydrogens is 428 g/mol. The monoisotopic (exact) mass is 458 g/mol. The lowest BCUT2D eigenvalue weighted by Crippen LogP contribution is -2.50. The van der Waals surface area contributed by atoms with Crippen molar-refractivity contribution in [2.45, 2.75) is 39.1 Å². The van der Waals surface area contributed by atoms with Crippen LogP contribution < -0.4 is 10.3 Å². The van der Waals surface area contributed by atoms with Crippen molar-refractivity contribution in [2.75, 3.05) is 19.8 Å². The molecule has 0 bridgehead atoms. The van der Waals surface area contributed by atoms with Gasteiger partial charge in [-0.1, -0.05) is 42.5 Å². The van der Waals surface area contributed by atoms with Crippen LogP contribution in [0.2, 0.25) is 0 Å². The summed E-state index contributed by atoms with van der Waals surface area (Å²) in [4.78, 5) is 15.5. The molecule has 3 heterocycles. The van der Waals surface area contributed by atoms with Gasteiger partial charge in [0, 0.05) is 36.3 Å². The minimum Gasteiger partial charge on any atom is -0.489 e. The molecule has 34 heavy (non-hydrogen) atoms. The van der Waals surface area contributed by atoms with Crippen LogP contribution in [0.15, 0.2) is 77.7 Å². The summed E-state index contributed by atoms with van der Waals surface area (Å²) >= 11 is 0. The first-order valence-electron chi connectivity index (χ1n) is 11.8. The highest BCUT2D eigenvalue weighted by Crippen LogP contribution is 2.22. The minimum absolute atomic E-state index is 0.170. The number of nitrogens with zero attached hydrogens (tertiary/aromatic N) is 4. The Balaban J connectivity index is 1.39. The summed E-state index contributed by atoms with van der Waals surface area (Å²) in [6.07, 6.45) is 1.74. The van der Waals surface area contributed by atoms with Crippen molar-refractivity contribution in [1.29, 1.82) is 0 Å². The number of hydrogen-bond acceptors (Lipinski definition) is 5. The van der Waals surface area contributed by atoms with Crippen molar-refractivity contribution < 1.29 is 9.47 Å². The number of aromatic nitrogens is 3. The van der Waals surface area contributed by atoms with Crippen molar-refractivity contribution in [1.82, 2.24) is 19.2 Å². The molecule has 0 radical (unpaired) electrons. The standard InChI is InChI=1S/C27H30N4O3/c1-20-17-33-18-21(2)29(20)14-15-31-25-11-7-6-10-24(25)27(28-31)30-13-12-23(16-26(30)32)34-19-22-8-4-3-5-9-22/h3-13,16,20-21H,14-15,17-19H2,1-2H3/t20-,21?/m0/s1. The van der Waals surface area contributed by atoms with Gasteiger partial charge in [-0.15, -0.1) is 0 Å². The van der Waals surface area contributed by atoms with Crippen LogP contribution in [0.25, 0.3) is 16.7 Å². The lowest BCUT2D eigenvalue weighted by Gasteiger charge is -2.38. The van der Waals surface area contributed by atoms with E-state index >= 15 is 0 Å². The fourth-order valence-electron chi connectivity index (χ4n) is 4.61. The maximum Gasteiger partial charge on any atom is 0.260 e. The zero-order chi connectivity index (χ0) is 23.5. The fourth-order valence-corrected chi connectivity index (χ4v) is 4.61. The van der Waals surface area contributed by atoms with Gasteiger partial charge in [0.1, 0.15) is 12.4 Å². The van der Waals surface area contributed by atoms with E-state index in [9.17, 15) is 4.79 Å². The Morgan fingerprint density at radius 1 is 0.971 bits per heavy atom. The molecule has 2 aromatic heterocycles. The molecule has 0 amide bonds. The molecule has 0 saturated carbocycles. The van der Waals surface area contributed by atoms with Crippen LogP contribution >= 0.6 is 0 Å². The molecule has 1 aliphatic rings. The highest BCUT2D eigenvalue weighted by atomic mass is 16.5. The molecule has 7 nitrogen and oxygen atoms in total. The number of rotatable bonds is 7. The highest BCUT2D eigenvalue weighted by molar-refractivity contribution is 5.86. The number of hydrogen-bond donors (Lipinski definition) is 0. The highest BCUT2D eigenvalue weighted by Gasteiger charge is 2.25. The number of pyridine rings is 1. The molecule has 0 spiro atoms. The largest absolute Gasteiger partial charge is 0.489 e. The molecule has 1 fully saturated rings. The number of benzene rings is 2. The maximum atomic E-state index is 13.0. The smallest absolute Gasteiger partial charge is 0.260 e. The number of ether oxygens (including phenoxy) is 2. The van der Waals surface area contributed by atoms with Gasteiger partial charge in [0.05, 0.1) is 25.3 Å². The predicted molar refractivity (Wildman–Crippen MR) is 133 cm³/mol. The Hall–Kier alpha value is -3.42. The molecule has 1 saturated heterocycles. The Kier molecular flexibility index (Phi) is 6.47. The first kappa shape index (κ1) is 22.4. The second-order valence-electron chi connectivity index (χ2n) is 8.88. The molecule has 1 aliphatic heterocycles. The van der Waals surface area contributed by atoms with E-state index in [2.05, 4.69) is 24.8 Å². The summed E-state index contributed by atoms with van der Waals surface area (Å²) in [5.74, 6) is 1.18. The van der Waals surface area contributed by atoms with E-state index in [-0.39, 0.29) is 5.56 Å². The fraction of sp³-hybridized carbons (Fsp3) is 0.333. The summed E-state index contributed by atoms with van der Waals surface area (Å²) in [5, 5.41) is 5.81. The van der Waals surface area contributed by atoms with Crippen LogP contribution in [0.1, 0.15) is 19.4 Å². The second-order valence-corrected chi connectivity index (χ2v) is 8.88. The van der Waals surface area contributed by atoms with Crippen molar-refractivity contribution in [3.63, 3.8) is 0 Å². The van der Waals surface area contributed by atoms with E-state index in [0.29, 0.717) is 30.3 Å². The Morgan fingerprint density at radius 2 is 1.71 bits per heavy atom. The van der Waals surface area contributed by atoms with Gasteiger partial charge in [0.25, 0.3) is 5.56 Å². The average Bonchev–Trinajstić information content (AvgIpc) is 3.22. The van der Waals surface area contributed by atoms with Crippen LogP contribution in [-0.2, 0) is 17.9 Å². The van der Waals surface area contributed by atoms with Gasteiger partial charge < -0.3 is 9.47 Å². The second kappa shape index (κ2) is 9.83. The number of morpholine rings is 1. The average molecular weight is 459 g/mol. The van der Waals surface area contributed by atoms with Gasteiger partial charge in [0.2, 0.25) is 0 Å². The quantitative estimate of drug-likeness (QED) is 0.421. The Bertz CT molecular complexity index is 1300. The van der Waals surface area contributed by atoms with Crippen molar-refractivity contribution in [3.05, 3.63) is 88.8 Å². The molecule has 0 N–H and O–H groups in total. The summed E-state index contributed by atoms with van der Waals surface area (Å²) in [7, 11) is 0. The van der Waals surface area contributed by atoms with Crippen LogP contribution in [0.3, 0.4) is 0 Å². The lowest BCUT2D eigenvalue weighted by molar-refractivity contribution is -0.0380. The molecule has 2 aromatic carbocycles. The molecule has 7 heteroatoms. The van der Waals surface area contributed by atoms with E-state index in [4.69, 9.17) is 14.6 Å². The normalized spacial score (nSPS) is 18.9. The van der Waals surface area contributed by atoms with Gasteiger partial charge in [-0.05, 0) is 37.6 Å². The first-order chi connectivity index (χ1) is 16.6. The number of para-hydroxylation sites is 1. The predicted octanol–water partition coefficient (Wildman–Crippen LogP) is 3.88. The third-order valence-corrected chi connectivity index (χ3v) is 6.43. The van der Waals surface area contributed by atoms with E-state index in [1.165, 1.54) is 6.07 Å². The summed E-state index contributed by atoms with van der Waals surface area (Å²) in [6, 6.07) is 22.0. The van der Waals surface area contributed by atoms with E-state index < -0.39 is 0 Å². The topological polar surface area (TPSA) is 61.5 Å². The molecule has 1 unspecified atom stereocenters. The van der Waals surface area contributed by atoms with Crippen LogP contribution in [-0.4, -0.2) is 51.1 Å². The van der Waals surface area contributed by atoms with Gasteiger partial charge in [-0.25, -0.2) is 0 Å². The van der Waals surface area contributed by atoms with Gasteiger partial charge in [-0.2, -0.15) is 5.10 Å². The van der Waals surface area contributed by atoms with E-state index in [1.54, 1.807) is 10.8 Å². The van der Waals surface area contributed by atoms with Gasteiger partial charge in [-0.3, -0.25) is 18.9 Å². The Labute approximate surface area is 199 Å². The van der Waals surface area contributed by atoms with Crippen molar-refractivity contribution in [2.24, 2.45) is 0 Å². The van der Waals surface area contributed by atoms with Gasteiger partial charge in [0.15, 0.2) is 5.82 Å². The minimum atomic E-state index is -0.170. The molecule has 5 rings (SSSR count). The SMILES string of the molecule is CC1COC[C@H](C)N1CCn1nc(-n2ccc(OCc3ccccc3)cc2=O)c2ccccc21. The third-order valence-electron chi connectivity index (χ3n) is 6.43. The summed E-state index contributed by atoms with van der Waals surface area (Å²) < 4.78 is 15.1. The molecular formula is C27H30N4O3. The third kappa shape index (κ3) is 4.62. The Morgan fingerprint density at radius 3 is 2.47 bits per heavy atom. The van der Waals surface area contributed by atoms with Crippen molar-refractivity contribution >= 4 is 10.9 Å². The summed E-state index contributed by atoms with van der Waals surface area (Å²) in [5.41, 5.74) is 1.90. The zero-order valence-corrected chi connectivity index (χ0v) is 19.6. The van der Waals surface area contributed by atoms with E-state index in [1.807, 2.05) is 59.3 Å². The maximum absolute atomic E-state index is 13.0. The molecule has 0 aliphatic carbocycles. The van der Waals surface area contributed by atoms with Crippen LogP contribution in [0, 0.1) is 0 Å². The summed E-state index contributed by atoms with van der Waals surface area (Å²) in [6.45, 7) is 7.93. The molecule has 176 valence electrons. The van der Waals surface area contributed by atoms with E-state index in [0.717, 1.165) is 42.8 Å². The zero-order valence-electron chi connectivity index (χ0n) is 19.6. The number of fused-ring (bicyclic) bond motifs is 1. The van der Waals surface area contributed by atoms with Crippen LogP contribution in [0.4, 0.5) is 0 Å². The van der Waals surface area contributed by atoms with Crippen molar-refractivity contribution in [3.8, 4) is 11.6 Å². The molecule has 2 atom stereocenters. The lowest BCUT2D eigenvalue weighted by atomic mass is 10.2.